The number of benzene rings is 1. The number of hydrogen-bond acceptors (Lipinski definition) is 4. The number of likely N-dealkylation sites (N-methyl/N-ethyl adjacent to an activating group) is 1. The van der Waals surface area contributed by atoms with E-state index in [9.17, 15) is 5.11 Å². The number of nitrogens with zero attached hydrogens (tertiary/aromatic N) is 2. The van der Waals surface area contributed by atoms with Crippen molar-refractivity contribution in [3.05, 3.63) is 59.9 Å². The number of aromatic hydroxyl groups is 1. The molecular formula is C17H21N3O. The Labute approximate surface area is 125 Å². The van der Waals surface area contributed by atoms with Gasteiger partial charge in [0.15, 0.2) is 0 Å². The van der Waals surface area contributed by atoms with E-state index in [1.54, 1.807) is 6.07 Å². The monoisotopic (exact) mass is 283 g/mol. The maximum absolute atomic E-state index is 10.3. The van der Waals surface area contributed by atoms with Crippen LogP contribution in [0.5, 0.6) is 5.75 Å². The smallest absolute Gasteiger partial charge is 0.119 e. The second-order valence-corrected chi connectivity index (χ2v) is 5.52. The molecule has 21 heavy (non-hydrogen) atoms. The highest BCUT2D eigenvalue weighted by atomic mass is 16.3. The molecule has 1 saturated heterocycles. The maximum Gasteiger partial charge on any atom is 0.119 e. The molecule has 0 saturated carbocycles. The van der Waals surface area contributed by atoms with E-state index in [4.69, 9.17) is 0 Å². The summed E-state index contributed by atoms with van der Waals surface area (Å²) in [6, 6.07) is 13.5. The molecule has 0 radical (unpaired) electrons. The Morgan fingerprint density at radius 3 is 2.76 bits per heavy atom. The van der Waals surface area contributed by atoms with Crippen molar-refractivity contribution in [2.75, 3.05) is 20.1 Å². The predicted octanol–water partition coefficient (Wildman–Crippen LogP) is 2.17. The van der Waals surface area contributed by atoms with E-state index in [2.05, 4.69) is 22.2 Å². The first-order valence-electron chi connectivity index (χ1n) is 7.40. The largest absolute Gasteiger partial charge is 0.508 e. The lowest BCUT2D eigenvalue weighted by atomic mass is 9.89. The molecule has 1 aromatic heterocycles. The summed E-state index contributed by atoms with van der Waals surface area (Å²) in [5.41, 5.74) is 1.90. The van der Waals surface area contributed by atoms with Gasteiger partial charge in [0.05, 0.1) is 17.8 Å². The van der Waals surface area contributed by atoms with Crippen LogP contribution in [0.15, 0.2) is 48.7 Å². The van der Waals surface area contributed by atoms with Gasteiger partial charge >= 0.3 is 0 Å². The van der Waals surface area contributed by atoms with E-state index in [0.29, 0.717) is 5.75 Å². The van der Waals surface area contributed by atoms with Crippen LogP contribution in [0.25, 0.3) is 0 Å². The Balaban J connectivity index is 2.05. The van der Waals surface area contributed by atoms with Crippen LogP contribution in [0.3, 0.4) is 0 Å². The quantitative estimate of drug-likeness (QED) is 0.906. The SMILES string of the molecule is CN1CCCNC1C(c1ccccn1)c1ccccc1O. The van der Waals surface area contributed by atoms with Gasteiger partial charge in [-0.3, -0.25) is 9.88 Å². The van der Waals surface area contributed by atoms with Crippen LogP contribution in [-0.2, 0) is 0 Å². The minimum atomic E-state index is 0.0118. The Kier molecular flexibility index (Phi) is 4.18. The second kappa shape index (κ2) is 6.24. The molecule has 2 aromatic rings. The molecule has 2 atom stereocenters. The fourth-order valence-electron chi connectivity index (χ4n) is 3.05. The van der Waals surface area contributed by atoms with Crippen molar-refractivity contribution in [2.24, 2.45) is 0 Å². The average molecular weight is 283 g/mol. The highest BCUT2D eigenvalue weighted by molar-refractivity contribution is 5.40. The standard InChI is InChI=1S/C17H21N3O/c1-20-12-6-11-19-17(20)16(14-8-4-5-10-18-14)13-7-2-3-9-15(13)21/h2-5,7-10,16-17,19,21H,6,11-12H2,1H3. The zero-order valence-corrected chi connectivity index (χ0v) is 12.2. The molecule has 4 heteroatoms. The van der Waals surface area contributed by atoms with E-state index >= 15 is 0 Å². The fraction of sp³-hybridized carbons (Fsp3) is 0.353. The number of nitrogens with one attached hydrogen (secondary N) is 1. The molecule has 0 bridgehead atoms. The van der Waals surface area contributed by atoms with E-state index < -0.39 is 0 Å². The Hall–Kier alpha value is -1.91. The number of para-hydroxylation sites is 1. The number of phenols is 1. The molecule has 3 rings (SSSR count). The molecule has 2 heterocycles. The van der Waals surface area contributed by atoms with Crippen molar-refractivity contribution in [1.29, 1.82) is 0 Å². The van der Waals surface area contributed by atoms with Crippen LogP contribution < -0.4 is 5.32 Å². The van der Waals surface area contributed by atoms with Crippen molar-refractivity contribution in [1.82, 2.24) is 15.2 Å². The Bertz CT molecular complexity index is 588. The molecule has 0 spiro atoms. The summed E-state index contributed by atoms with van der Waals surface area (Å²) in [7, 11) is 2.12. The van der Waals surface area contributed by atoms with Crippen molar-refractivity contribution < 1.29 is 5.11 Å². The van der Waals surface area contributed by atoms with Crippen molar-refractivity contribution in [3.8, 4) is 5.75 Å². The molecule has 2 N–H and O–H groups in total. The Morgan fingerprint density at radius 1 is 1.24 bits per heavy atom. The summed E-state index contributed by atoms with van der Waals surface area (Å²) < 4.78 is 0. The molecule has 110 valence electrons. The molecule has 1 aliphatic heterocycles. The van der Waals surface area contributed by atoms with Gasteiger partial charge in [0.25, 0.3) is 0 Å². The first kappa shape index (κ1) is 14.0. The molecule has 2 unspecified atom stereocenters. The molecular weight excluding hydrogens is 262 g/mol. The van der Waals surface area contributed by atoms with Crippen LogP contribution in [0, 0.1) is 0 Å². The minimum absolute atomic E-state index is 0.0118. The third-order valence-corrected chi connectivity index (χ3v) is 4.11. The van der Waals surface area contributed by atoms with Gasteiger partial charge in [0, 0.05) is 18.3 Å². The lowest BCUT2D eigenvalue weighted by Crippen LogP contribution is -2.52. The second-order valence-electron chi connectivity index (χ2n) is 5.52. The summed E-state index contributed by atoms with van der Waals surface area (Å²) in [5.74, 6) is 0.339. The maximum atomic E-state index is 10.3. The molecule has 1 aromatic carbocycles. The topological polar surface area (TPSA) is 48.4 Å². The van der Waals surface area contributed by atoms with Gasteiger partial charge in [-0.15, -0.1) is 0 Å². The van der Waals surface area contributed by atoms with Crippen molar-refractivity contribution >= 4 is 0 Å². The Morgan fingerprint density at radius 2 is 2.05 bits per heavy atom. The van der Waals surface area contributed by atoms with Gasteiger partial charge in [0.1, 0.15) is 5.75 Å². The van der Waals surface area contributed by atoms with Crippen LogP contribution in [0.1, 0.15) is 23.6 Å². The van der Waals surface area contributed by atoms with E-state index in [0.717, 1.165) is 30.8 Å². The molecule has 0 aliphatic carbocycles. The van der Waals surface area contributed by atoms with Crippen LogP contribution >= 0.6 is 0 Å². The van der Waals surface area contributed by atoms with Crippen molar-refractivity contribution in [2.45, 2.75) is 18.5 Å². The fourth-order valence-corrected chi connectivity index (χ4v) is 3.05. The minimum Gasteiger partial charge on any atom is -0.508 e. The van der Waals surface area contributed by atoms with Gasteiger partial charge < -0.3 is 10.4 Å². The third kappa shape index (κ3) is 2.91. The van der Waals surface area contributed by atoms with Crippen LogP contribution in [0.4, 0.5) is 0 Å². The first-order valence-corrected chi connectivity index (χ1v) is 7.40. The summed E-state index contributed by atoms with van der Waals surface area (Å²) in [6.45, 7) is 2.04. The predicted molar refractivity (Wildman–Crippen MR) is 83.2 cm³/mol. The number of pyridine rings is 1. The zero-order chi connectivity index (χ0) is 14.7. The number of aromatic nitrogens is 1. The molecule has 4 nitrogen and oxygen atoms in total. The highest BCUT2D eigenvalue weighted by Crippen LogP contribution is 2.34. The van der Waals surface area contributed by atoms with Gasteiger partial charge in [0.2, 0.25) is 0 Å². The zero-order valence-electron chi connectivity index (χ0n) is 12.2. The highest BCUT2D eigenvalue weighted by Gasteiger charge is 2.32. The van der Waals surface area contributed by atoms with E-state index in [1.165, 1.54) is 0 Å². The first-order chi connectivity index (χ1) is 10.3. The normalized spacial score (nSPS) is 21.1. The van der Waals surface area contributed by atoms with Gasteiger partial charge in [-0.25, -0.2) is 0 Å². The molecule has 0 amide bonds. The lowest BCUT2D eigenvalue weighted by molar-refractivity contribution is 0.148. The average Bonchev–Trinajstić information content (AvgIpc) is 2.52. The summed E-state index contributed by atoms with van der Waals surface area (Å²) >= 11 is 0. The molecule has 1 fully saturated rings. The lowest BCUT2D eigenvalue weighted by Gasteiger charge is -2.39. The summed E-state index contributed by atoms with van der Waals surface area (Å²) in [4.78, 5) is 6.83. The number of phenolic OH excluding ortho intramolecular Hbond substituents is 1. The number of hydrogen-bond donors (Lipinski definition) is 2. The van der Waals surface area contributed by atoms with E-state index in [1.807, 2.05) is 42.6 Å². The van der Waals surface area contributed by atoms with Crippen molar-refractivity contribution in [3.63, 3.8) is 0 Å². The van der Waals surface area contributed by atoms with Gasteiger partial charge in [-0.05, 0) is 38.2 Å². The number of rotatable bonds is 3. The van der Waals surface area contributed by atoms with Gasteiger partial charge in [-0.2, -0.15) is 0 Å². The van der Waals surface area contributed by atoms with E-state index in [-0.39, 0.29) is 12.1 Å². The van der Waals surface area contributed by atoms with Crippen LogP contribution in [0.2, 0.25) is 0 Å². The van der Waals surface area contributed by atoms with Gasteiger partial charge in [-0.1, -0.05) is 24.3 Å². The summed E-state index contributed by atoms with van der Waals surface area (Å²) in [5, 5.41) is 13.9. The third-order valence-electron chi connectivity index (χ3n) is 4.11. The molecule has 1 aliphatic rings. The van der Waals surface area contributed by atoms with Crippen LogP contribution in [-0.4, -0.2) is 41.3 Å². The summed E-state index contributed by atoms with van der Waals surface area (Å²) in [6.07, 6.45) is 3.09.